The Morgan fingerprint density at radius 1 is 1.47 bits per heavy atom. The molecule has 0 saturated carbocycles. The molecule has 1 aliphatic heterocycles. The number of carboxylic acid groups (broad SMARTS) is 1. The van der Waals surface area contributed by atoms with Gasteiger partial charge in [-0.05, 0) is 19.8 Å². The van der Waals surface area contributed by atoms with Gasteiger partial charge in [0.1, 0.15) is 6.04 Å². The summed E-state index contributed by atoms with van der Waals surface area (Å²) in [7, 11) is 0. The quantitative estimate of drug-likeness (QED) is 0.696. The SMILES string of the molecule is CC(NC(=O)CCOC1CCOCC1)C(=O)O. The third kappa shape index (κ3) is 5.65. The third-order valence-electron chi connectivity index (χ3n) is 2.60. The smallest absolute Gasteiger partial charge is 0.325 e. The molecule has 0 aromatic heterocycles. The minimum absolute atomic E-state index is 0.161. The van der Waals surface area contributed by atoms with Gasteiger partial charge in [-0.3, -0.25) is 9.59 Å². The molecule has 1 rings (SSSR count). The summed E-state index contributed by atoms with van der Waals surface area (Å²) in [5, 5.41) is 11.0. The number of nitrogens with one attached hydrogen (secondary N) is 1. The summed E-state index contributed by atoms with van der Waals surface area (Å²) in [6.45, 7) is 3.15. The van der Waals surface area contributed by atoms with Crippen LogP contribution in [0.4, 0.5) is 0 Å². The minimum Gasteiger partial charge on any atom is -0.480 e. The zero-order chi connectivity index (χ0) is 12.7. The van der Waals surface area contributed by atoms with Crippen molar-refractivity contribution in [1.82, 2.24) is 5.32 Å². The lowest BCUT2D eigenvalue weighted by molar-refractivity contribution is -0.141. The lowest BCUT2D eigenvalue weighted by atomic mass is 10.1. The number of hydrogen-bond donors (Lipinski definition) is 2. The number of hydrogen-bond acceptors (Lipinski definition) is 4. The first-order chi connectivity index (χ1) is 8.09. The zero-order valence-corrected chi connectivity index (χ0v) is 9.98. The van der Waals surface area contributed by atoms with Gasteiger partial charge in [0, 0.05) is 19.6 Å². The predicted octanol–water partition coefficient (Wildman–Crippen LogP) is 0.161. The van der Waals surface area contributed by atoms with Crippen LogP contribution in [0.3, 0.4) is 0 Å². The highest BCUT2D eigenvalue weighted by Gasteiger charge is 2.16. The van der Waals surface area contributed by atoms with Crippen molar-refractivity contribution in [1.29, 1.82) is 0 Å². The summed E-state index contributed by atoms with van der Waals surface area (Å²) in [4.78, 5) is 21.8. The summed E-state index contributed by atoms with van der Waals surface area (Å²) in [6, 6.07) is -0.856. The molecule has 1 atom stereocenters. The van der Waals surface area contributed by atoms with E-state index in [1.54, 1.807) is 0 Å². The first-order valence-electron chi connectivity index (χ1n) is 5.81. The standard InChI is InChI=1S/C11H19NO5/c1-8(11(14)15)12-10(13)4-7-17-9-2-5-16-6-3-9/h8-9H,2-7H2,1H3,(H,12,13)(H,14,15). The number of rotatable bonds is 6. The van der Waals surface area contributed by atoms with Crippen molar-refractivity contribution < 1.29 is 24.2 Å². The van der Waals surface area contributed by atoms with E-state index < -0.39 is 12.0 Å². The van der Waals surface area contributed by atoms with Crippen LogP contribution in [0.15, 0.2) is 0 Å². The summed E-state index contributed by atoms with van der Waals surface area (Å²) < 4.78 is 10.7. The van der Waals surface area contributed by atoms with Crippen molar-refractivity contribution in [3.63, 3.8) is 0 Å². The van der Waals surface area contributed by atoms with Gasteiger partial charge in [0.2, 0.25) is 5.91 Å². The van der Waals surface area contributed by atoms with Crippen LogP contribution >= 0.6 is 0 Å². The molecule has 0 aromatic rings. The molecular weight excluding hydrogens is 226 g/mol. The molecular formula is C11H19NO5. The van der Waals surface area contributed by atoms with E-state index in [9.17, 15) is 9.59 Å². The molecule has 0 radical (unpaired) electrons. The average Bonchev–Trinajstić information content (AvgIpc) is 2.30. The van der Waals surface area contributed by atoms with Crippen LogP contribution in [0, 0.1) is 0 Å². The number of carboxylic acids is 1. The summed E-state index contributed by atoms with van der Waals surface area (Å²) in [5.74, 6) is -1.34. The number of carbonyl (C=O) groups excluding carboxylic acids is 1. The third-order valence-corrected chi connectivity index (χ3v) is 2.60. The Morgan fingerprint density at radius 3 is 2.71 bits per heavy atom. The maximum atomic E-state index is 11.3. The zero-order valence-electron chi connectivity index (χ0n) is 9.98. The van der Waals surface area contributed by atoms with Crippen molar-refractivity contribution in [2.45, 2.75) is 38.3 Å². The van der Waals surface area contributed by atoms with Crippen molar-refractivity contribution in [3.8, 4) is 0 Å². The van der Waals surface area contributed by atoms with E-state index in [0.717, 1.165) is 12.8 Å². The largest absolute Gasteiger partial charge is 0.480 e. The molecule has 6 heteroatoms. The predicted molar refractivity (Wildman–Crippen MR) is 59.7 cm³/mol. The van der Waals surface area contributed by atoms with Crippen LogP contribution in [0.2, 0.25) is 0 Å². The van der Waals surface area contributed by atoms with Gasteiger partial charge in [0.25, 0.3) is 0 Å². The normalized spacial score (nSPS) is 18.6. The van der Waals surface area contributed by atoms with Gasteiger partial charge in [-0.1, -0.05) is 0 Å². The maximum Gasteiger partial charge on any atom is 0.325 e. The molecule has 1 amide bonds. The van der Waals surface area contributed by atoms with Crippen molar-refractivity contribution in [3.05, 3.63) is 0 Å². The molecule has 1 aliphatic rings. The summed E-state index contributed by atoms with van der Waals surface area (Å²) in [5.41, 5.74) is 0. The Morgan fingerprint density at radius 2 is 2.12 bits per heavy atom. The molecule has 1 fully saturated rings. The van der Waals surface area contributed by atoms with Gasteiger partial charge in [-0.2, -0.15) is 0 Å². The van der Waals surface area contributed by atoms with E-state index in [4.69, 9.17) is 14.6 Å². The van der Waals surface area contributed by atoms with Gasteiger partial charge in [0.05, 0.1) is 12.7 Å². The van der Waals surface area contributed by atoms with E-state index in [-0.39, 0.29) is 18.4 Å². The topological polar surface area (TPSA) is 84.9 Å². The molecule has 1 saturated heterocycles. The Bertz CT molecular complexity index is 263. The minimum atomic E-state index is -1.04. The van der Waals surface area contributed by atoms with Crippen molar-refractivity contribution in [2.75, 3.05) is 19.8 Å². The van der Waals surface area contributed by atoms with E-state index in [1.165, 1.54) is 6.92 Å². The van der Waals surface area contributed by atoms with Crippen molar-refractivity contribution in [2.24, 2.45) is 0 Å². The van der Waals surface area contributed by atoms with Crippen LogP contribution in [-0.2, 0) is 19.1 Å². The van der Waals surface area contributed by atoms with Crippen LogP contribution in [0.25, 0.3) is 0 Å². The average molecular weight is 245 g/mol. The lowest BCUT2D eigenvalue weighted by Gasteiger charge is -2.22. The molecule has 1 heterocycles. The van der Waals surface area contributed by atoms with E-state index >= 15 is 0 Å². The van der Waals surface area contributed by atoms with Gasteiger partial charge in [0.15, 0.2) is 0 Å². The Labute approximate surface area is 100 Å². The highest BCUT2D eigenvalue weighted by atomic mass is 16.5. The van der Waals surface area contributed by atoms with Crippen LogP contribution in [-0.4, -0.2) is 48.9 Å². The van der Waals surface area contributed by atoms with Crippen LogP contribution < -0.4 is 5.32 Å². The molecule has 0 aromatic carbocycles. The molecule has 0 spiro atoms. The molecule has 0 bridgehead atoms. The maximum absolute atomic E-state index is 11.3. The first-order valence-corrected chi connectivity index (χ1v) is 5.81. The highest BCUT2D eigenvalue weighted by Crippen LogP contribution is 2.10. The highest BCUT2D eigenvalue weighted by molar-refractivity contribution is 5.83. The number of carbonyl (C=O) groups is 2. The molecule has 0 aliphatic carbocycles. The Kier molecular flexibility index (Phi) is 5.93. The van der Waals surface area contributed by atoms with Crippen LogP contribution in [0.5, 0.6) is 0 Å². The first kappa shape index (κ1) is 13.9. The number of aliphatic carboxylic acids is 1. The Hall–Kier alpha value is -1.14. The summed E-state index contributed by atoms with van der Waals surface area (Å²) in [6.07, 6.45) is 2.06. The second kappa shape index (κ2) is 7.24. The fraction of sp³-hybridized carbons (Fsp3) is 0.818. The van der Waals surface area contributed by atoms with Gasteiger partial charge >= 0.3 is 5.97 Å². The number of ether oxygens (including phenoxy) is 2. The van der Waals surface area contributed by atoms with E-state index in [2.05, 4.69) is 5.32 Å². The summed E-state index contributed by atoms with van der Waals surface area (Å²) >= 11 is 0. The second-order valence-electron chi connectivity index (χ2n) is 4.06. The van der Waals surface area contributed by atoms with Crippen molar-refractivity contribution >= 4 is 11.9 Å². The van der Waals surface area contributed by atoms with Crippen LogP contribution in [0.1, 0.15) is 26.2 Å². The fourth-order valence-electron chi connectivity index (χ4n) is 1.54. The van der Waals surface area contributed by atoms with E-state index in [1.807, 2.05) is 0 Å². The fourth-order valence-corrected chi connectivity index (χ4v) is 1.54. The molecule has 1 unspecified atom stereocenters. The monoisotopic (exact) mass is 245 g/mol. The lowest BCUT2D eigenvalue weighted by Crippen LogP contribution is -2.38. The number of amides is 1. The molecule has 6 nitrogen and oxygen atoms in total. The van der Waals surface area contributed by atoms with Gasteiger partial charge < -0.3 is 19.9 Å². The van der Waals surface area contributed by atoms with Gasteiger partial charge in [-0.15, -0.1) is 0 Å². The van der Waals surface area contributed by atoms with Gasteiger partial charge in [-0.25, -0.2) is 0 Å². The molecule has 98 valence electrons. The van der Waals surface area contributed by atoms with E-state index in [0.29, 0.717) is 19.8 Å². The molecule has 17 heavy (non-hydrogen) atoms. The second-order valence-corrected chi connectivity index (χ2v) is 4.06. The molecule has 2 N–H and O–H groups in total. The Balaban J connectivity index is 2.09.